The van der Waals surface area contributed by atoms with Crippen LogP contribution in [0.15, 0.2) is 146 Å². The summed E-state index contributed by atoms with van der Waals surface area (Å²) in [5.41, 5.74) is 11.9. The minimum atomic E-state index is -0.279. The van der Waals surface area contributed by atoms with Crippen LogP contribution in [0.3, 0.4) is 0 Å². The van der Waals surface area contributed by atoms with Gasteiger partial charge in [0.1, 0.15) is 11.6 Å². The highest BCUT2D eigenvalue weighted by Gasteiger charge is 2.34. The molecule has 0 saturated carbocycles. The van der Waals surface area contributed by atoms with Gasteiger partial charge in [-0.1, -0.05) is 84.9 Å². The molecule has 2 aliphatic heterocycles. The highest BCUT2D eigenvalue weighted by Crippen LogP contribution is 2.56. The molecule has 2 nitrogen and oxygen atoms in total. The van der Waals surface area contributed by atoms with Crippen molar-refractivity contribution in [3.05, 3.63) is 179 Å². The third-order valence-electron chi connectivity index (χ3n) is 8.04. The first-order valence-electron chi connectivity index (χ1n) is 13.9. The monoisotopic (exact) mass is 546 g/mol. The Bertz CT molecular complexity index is 1800. The molecule has 8 rings (SSSR count). The minimum Gasteiger partial charge on any atom is -0.309 e. The zero-order chi connectivity index (χ0) is 28.2. The maximum absolute atomic E-state index is 14.5. The Labute approximate surface area is 243 Å². The quantitative estimate of drug-likeness (QED) is 0.213. The lowest BCUT2D eigenvalue weighted by atomic mass is 9.79. The summed E-state index contributed by atoms with van der Waals surface area (Å²) >= 11 is 0. The number of halogens is 2. The number of rotatable bonds is 2. The predicted molar refractivity (Wildman–Crippen MR) is 167 cm³/mol. The van der Waals surface area contributed by atoms with Crippen LogP contribution in [0.25, 0.3) is 11.1 Å². The largest absolute Gasteiger partial charge is 0.309 e. The first-order chi connectivity index (χ1) is 20.7. The molecule has 0 spiro atoms. The van der Waals surface area contributed by atoms with Crippen LogP contribution in [-0.4, -0.2) is 0 Å². The summed E-state index contributed by atoms with van der Waals surface area (Å²) < 4.78 is 29.0. The van der Waals surface area contributed by atoms with E-state index in [-0.39, 0.29) is 11.6 Å². The lowest BCUT2D eigenvalue weighted by molar-refractivity contribution is 0.627. The molecule has 0 saturated heterocycles. The molecule has 6 aromatic carbocycles. The van der Waals surface area contributed by atoms with Crippen molar-refractivity contribution >= 4 is 45.3 Å². The summed E-state index contributed by atoms with van der Waals surface area (Å²) in [4.78, 5) is 4.27. The maximum Gasteiger partial charge on any atom is 0.125 e. The molecule has 2 aliphatic rings. The zero-order valence-electron chi connectivity index (χ0n) is 22.5. The Balaban J connectivity index is 1.48. The molecule has 0 radical (unpaired) electrons. The molecular formula is C38H24F2N2. The van der Waals surface area contributed by atoms with Gasteiger partial charge in [-0.25, -0.2) is 8.78 Å². The van der Waals surface area contributed by atoms with Gasteiger partial charge in [0.15, 0.2) is 0 Å². The molecule has 0 aliphatic carbocycles. The van der Waals surface area contributed by atoms with Crippen molar-refractivity contribution in [2.24, 2.45) is 0 Å². The van der Waals surface area contributed by atoms with E-state index in [2.05, 4.69) is 82.6 Å². The minimum absolute atomic E-state index is 0.279. The van der Waals surface area contributed by atoms with Crippen molar-refractivity contribution in [2.45, 2.75) is 0 Å². The molecule has 6 aromatic rings. The second kappa shape index (κ2) is 9.57. The Morgan fingerprint density at radius 3 is 0.952 bits per heavy atom. The molecule has 0 atom stereocenters. The number of fused-ring (bicyclic) bond motifs is 4. The van der Waals surface area contributed by atoms with E-state index in [1.807, 2.05) is 36.4 Å². The Morgan fingerprint density at radius 2 is 0.643 bits per heavy atom. The van der Waals surface area contributed by atoms with Gasteiger partial charge in [0.05, 0.1) is 22.7 Å². The highest BCUT2D eigenvalue weighted by atomic mass is 19.1. The number of para-hydroxylation sites is 4. The fourth-order valence-corrected chi connectivity index (χ4v) is 6.40. The van der Waals surface area contributed by atoms with Gasteiger partial charge in [0.2, 0.25) is 0 Å². The lowest BCUT2D eigenvalue weighted by Crippen LogP contribution is -2.21. The van der Waals surface area contributed by atoms with Crippen molar-refractivity contribution in [3.63, 3.8) is 0 Å². The van der Waals surface area contributed by atoms with Gasteiger partial charge >= 0.3 is 0 Å². The molecular weight excluding hydrogens is 522 g/mol. The van der Waals surface area contributed by atoms with Crippen molar-refractivity contribution in [2.75, 3.05) is 9.80 Å². The normalized spacial score (nSPS) is 13.3. The molecule has 200 valence electrons. The van der Waals surface area contributed by atoms with Crippen LogP contribution in [0.1, 0.15) is 22.3 Å². The van der Waals surface area contributed by atoms with E-state index < -0.39 is 0 Å². The fourth-order valence-electron chi connectivity index (χ4n) is 6.40. The van der Waals surface area contributed by atoms with E-state index in [9.17, 15) is 8.78 Å². The standard InChI is InChI=1S/C38H24F2N2/c39-25-11-9-13-27(23-25)41-33-19-5-1-15-29(33)37(30-16-2-6-20-34(30)41)38-31-17-3-7-21-35(31)42(28-14-10-12-26(40)24-28)36-22-8-4-18-32(36)38/h1-24H. The third-order valence-corrected chi connectivity index (χ3v) is 8.04. The molecule has 0 bridgehead atoms. The fraction of sp³-hybridized carbons (Fsp3) is 0. The molecule has 2 heterocycles. The first kappa shape index (κ1) is 24.3. The smallest absolute Gasteiger partial charge is 0.125 e. The van der Waals surface area contributed by atoms with Crippen molar-refractivity contribution in [1.29, 1.82) is 0 Å². The summed E-state index contributed by atoms with van der Waals surface area (Å²) in [6.45, 7) is 0. The summed E-state index contributed by atoms with van der Waals surface area (Å²) in [6, 6.07) is 46.7. The van der Waals surface area contributed by atoms with Gasteiger partial charge in [0, 0.05) is 44.8 Å². The Kier molecular flexibility index (Phi) is 5.54. The molecule has 4 heteroatoms. The van der Waals surface area contributed by atoms with E-state index in [4.69, 9.17) is 0 Å². The second-order valence-corrected chi connectivity index (χ2v) is 10.4. The van der Waals surface area contributed by atoms with E-state index >= 15 is 0 Å². The summed E-state index contributed by atoms with van der Waals surface area (Å²) in [5.74, 6) is -0.557. The van der Waals surface area contributed by atoms with Gasteiger partial charge in [-0.05, 0) is 60.7 Å². The van der Waals surface area contributed by atoms with Crippen LogP contribution >= 0.6 is 0 Å². The number of benzene rings is 6. The predicted octanol–water partition coefficient (Wildman–Crippen LogP) is 10.5. The van der Waals surface area contributed by atoms with Gasteiger partial charge in [-0.3, -0.25) is 0 Å². The van der Waals surface area contributed by atoms with Gasteiger partial charge in [-0.15, -0.1) is 0 Å². The number of hydrogen-bond acceptors (Lipinski definition) is 2. The highest BCUT2D eigenvalue weighted by molar-refractivity contribution is 6.17. The van der Waals surface area contributed by atoms with Gasteiger partial charge in [-0.2, -0.15) is 0 Å². The average Bonchev–Trinajstić information content (AvgIpc) is 3.02. The van der Waals surface area contributed by atoms with Crippen molar-refractivity contribution in [3.8, 4) is 0 Å². The van der Waals surface area contributed by atoms with Crippen LogP contribution in [0.2, 0.25) is 0 Å². The Morgan fingerprint density at radius 1 is 0.333 bits per heavy atom. The SMILES string of the molecule is Fc1cccc(N2c3ccccc3C(=C3c4ccccc4N(c4cccc(F)c4)c4ccccc43)c3ccccc32)c1. The topological polar surface area (TPSA) is 6.48 Å². The molecule has 0 fully saturated rings. The van der Waals surface area contributed by atoms with Gasteiger partial charge in [0.25, 0.3) is 0 Å². The van der Waals surface area contributed by atoms with Crippen LogP contribution in [0.5, 0.6) is 0 Å². The molecule has 0 unspecified atom stereocenters. The average molecular weight is 547 g/mol. The van der Waals surface area contributed by atoms with E-state index in [0.29, 0.717) is 0 Å². The van der Waals surface area contributed by atoms with Crippen LogP contribution < -0.4 is 9.80 Å². The van der Waals surface area contributed by atoms with E-state index in [1.54, 1.807) is 24.3 Å². The molecule has 0 amide bonds. The van der Waals surface area contributed by atoms with Crippen LogP contribution in [0.4, 0.5) is 42.9 Å². The third kappa shape index (κ3) is 3.69. The molecule has 0 N–H and O–H groups in total. The van der Waals surface area contributed by atoms with Crippen molar-refractivity contribution in [1.82, 2.24) is 0 Å². The Hall–Kier alpha value is -5.48. The van der Waals surface area contributed by atoms with Gasteiger partial charge < -0.3 is 9.80 Å². The van der Waals surface area contributed by atoms with E-state index in [1.165, 1.54) is 12.1 Å². The second-order valence-electron chi connectivity index (χ2n) is 10.4. The molecule has 42 heavy (non-hydrogen) atoms. The summed E-state index contributed by atoms with van der Waals surface area (Å²) in [7, 11) is 0. The zero-order valence-corrected chi connectivity index (χ0v) is 22.5. The van der Waals surface area contributed by atoms with E-state index in [0.717, 1.165) is 67.5 Å². The number of anilines is 6. The summed E-state index contributed by atoms with van der Waals surface area (Å²) in [6.07, 6.45) is 0. The summed E-state index contributed by atoms with van der Waals surface area (Å²) in [5, 5.41) is 0. The number of nitrogens with zero attached hydrogens (tertiary/aromatic N) is 2. The number of hydrogen-bond donors (Lipinski definition) is 0. The van der Waals surface area contributed by atoms with Crippen LogP contribution in [0, 0.1) is 11.6 Å². The first-order valence-corrected chi connectivity index (χ1v) is 13.9. The van der Waals surface area contributed by atoms with Crippen LogP contribution in [-0.2, 0) is 0 Å². The molecule has 0 aromatic heterocycles. The lowest BCUT2D eigenvalue weighted by Gasteiger charge is -2.39. The maximum atomic E-state index is 14.5. The van der Waals surface area contributed by atoms with Crippen molar-refractivity contribution < 1.29 is 8.78 Å².